The molecule has 2 saturated carbocycles. The molecule has 0 radical (unpaired) electrons. The zero-order chi connectivity index (χ0) is 22.9. The maximum Gasteiger partial charge on any atom is 0.202 e. The molecular weight excluding hydrogens is 412 g/mol. The first kappa shape index (κ1) is 21.7. The van der Waals surface area contributed by atoms with Crippen LogP contribution in [0.2, 0.25) is 0 Å². The molecule has 1 atom stereocenters. The minimum absolute atomic E-state index is 0.137. The molecule has 2 heterocycles. The van der Waals surface area contributed by atoms with Crippen molar-refractivity contribution in [2.24, 2.45) is 18.9 Å². The summed E-state index contributed by atoms with van der Waals surface area (Å²) in [6.07, 6.45) is 10.9. The van der Waals surface area contributed by atoms with E-state index in [1.54, 1.807) is 4.57 Å². The van der Waals surface area contributed by atoms with Crippen LogP contribution < -0.4 is 10.4 Å². The summed E-state index contributed by atoms with van der Waals surface area (Å²) in [6, 6.07) is 10.0. The van der Waals surface area contributed by atoms with Gasteiger partial charge in [0.15, 0.2) is 5.78 Å². The largest absolute Gasteiger partial charge is 0.493 e. The summed E-state index contributed by atoms with van der Waals surface area (Å²) in [5, 5.41) is 8.24. The number of aromatic nitrogens is 3. The van der Waals surface area contributed by atoms with Gasteiger partial charge in [-0.3, -0.25) is 15.2 Å². The lowest BCUT2D eigenvalue weighted by Crippen LogP contribution is -2.22. The van der Waals surface area contributed by atoms with E-state index < -0.39 is 0 Å². The fourth-order valence-corrected chi connectivity index (χ4v) is 4.43. The third kappa shape index (κ3) is 5.27. The Morgan fingerprint density at radius 2 is 2.00 bits per heavy atom. The monoisotopic (exact) mass is 444 g/mol. The maximum absolute atomic E-state index is 13.5. The van der Waals surface area contributed by atoms with Gasteiger partial charge in [-0.1, -0.05) is 0 Å². The number of hydrogen-bond acceptors (Lipinski definition) is 4. The Bertz CT molecular complexity index is 1220. The van der Waals surface area contributed by atoms with E-state index in [1.807, 2.05) is 54.5 Å². The van der Waals surface area contributed by atoms with Crippen molar-refractivity contribution in [3.05, 3.63) is 76.9 Å². The van der Waals surface area contributed by atoms with Crippen molar-refractivity contribution in [2.75, 3.05) is 6.61 Å². The molecule has 3 aromatic rings. The fourth-order valence-electron chi connectivity index (χ4n) is 4.43. The molecule has 0 amide bonds. The van der Waals surface area contributed by atoms with Crippen molar-refractivity contribution in [3.8, 4) is 5.75 Å². The molecule has 6 heteroatoms. The van der Waals surface area contributed by atoms with Crippen molar-refractivity contribution >= 4 is 5.78 Å². The minimum Gasteiger partial charge on any atom is -0.493 e. The summed E-state index contributed by atoms with van der Waals surface area (Å²) in [6.45, 7) is 3.31. The van der Waals surface area contributed by atoms with Crippen molar-refractivity contribution in [1.82, 2.24) is 14.1 Å². The van der Waals surface area contributed by atoms with Gasteiger partial charge >= 0.3 is 0 Å². The Morgan fingerprint density at radius 1 is 1.18 bits per heavy atom. The van der Waals surface area contributed by atoms with Crippen LogP contribution in [0.1, 0.15) is 65.2 Å². The van der Waals surface area contributed by atoms with Crippen LogP contribution in [0.4, 0.5) is 0 Å². The predicted octanol–water partition coefficient (Wildman–Crippen LogP) is 4.61. The lowest BCUT2D eigenvalue weighted by molar-refractivity contribution is 0.0969. The molecule has 5 rings (SSSR count). The van der Waals surface area contributed by atoms with Gasteiger partial charge in [0, 0.05) is 49.2 Å². The SMILES string of the molecule is Cc1ccnc([C@@H](CC(=O)c2cc(Cn3ccn(C)c3=N)cc(OCC3CC3)c2)C2CC2)c1. The number of aryl methyl sites for hydroxylation is 2. The summed E-state index contributed by atoms with van der Waals surface area (Å²) >= 11 is 0. The zero-order valence-corrected chi connectivity index (χ0v) is 19.5. The van der Waals surface area contributed by atoms with Crippen molar-refractivity contribution in [1.29, 1.82) is 5.41 Å². The summed E-state index contributed by atoms with van der Waals surface area (Å²) < 4.78 is 9.72. The predicted molar refractivity (Wildman–Crippen MR) is 126 cm³/mol. The molecule has 2 aliphatic rings. The molecule has 0 bridgehead atoms. The van der Waals surface area contributed by atoms with E-state index in [0.29, 0.717) is 42.6 Å². The topological polar surface area (TPSA) is 72.9 Å². The Balaban J connectivity index is 1.41. The molecule has 0 aliphatic heterocycles. The number of pyridine rings is 1. The second kappa shape index (κ2) is 9.00. The molecule has 0 saturated heterocycles. The first-order chi connectivity index (χ1) is 16.0. The summed E-state index contributed by atoms with van der Waals surface area (Å²) in [7, 11) is 1.86. The van der Waals surface area contributed by atoms with Crippen LogP contribution in [0.15, 0.2) is 48.9 Å². The molecular formula is C27H32N4O2. The summed E-state index contributed by atoms with van der Waals surface area (Å²) in [4.78, 5) is 18.1. The van der Waals surface area contributed by atoms with E-state index in [4.69, 9.17) is 10.1 Å². The molecule has 2 fully saturated rings. The Kier molecular flexibility index (Phi) is 5.92. The zero-order valence-electron chi connectivity index (χ0n) is 19.5. The number of rotatable bonds is 10. The first-order valence-corrected chi connectivity index (χ1v) is 11.9. The standard InChI is InChI=1S/C27H32N4O2/c1-18-7-8-29-25(11-18)24(21-5-6-21)15-26(32)22-12-20(16-31-10-9-30(2)27(31)28)13-23(14-22)33-17-19-3-4-19/h7-14,19,21,24,28H,3-6,15-17H2,1-2H3/t24-/m0/s1. The van der Waals surface area contributed by atoms with E-state index in [0.717, 1.165) is 17.0 Å². The number of carbonyl (C=O) groups excluding carboxylic acids is 1. The quantitative estimate of drug-likeness (QED) is 0.464. The normalized spacial score (nSPS) is 16.5. The van der Waals surface area contributed by atoms with Crippen LogP contribution >= 0.6 is 0 Å². The van der Waals surface area contributed by atoms with Gasteiger partial charge in [-0.05, 0) is 85.9 Å². The fraction of sp³-hybridized carbons (Fsp3) is 0.444. The average Bonchev–Trinajstić information content (AvgIpc) is 3.72. The van der Waals surface area contributed by atoms with Gasteiger partial charge in [0.25, 0.3) is 0 Å². The third-order valence-corrected chi connectivity index (χ3v) is 6.81. The maximum atomic E-state index is 13.5. The third-order valence-electron chi connectivity index (χ3n) is 6.81. The summed E-state index contributed by atoms with van der Waals surface area (Å²) in [5.74, 6) is 2.24. The molecule has 0 spiro atoms. The van der Waals surface area contributed by atoms with Crippen LogP contribution in [0, 0.1) is 24.2 Å². The van der Waals surface area contributed by atoms with Gasteiger partial charge < -0.3 is 13.9 Å². The van der Waals surface area contributed by atoms with Gasteiger partial charge in [-0.25, -0.2) is 0 Å². The van der Waals surface area contributed by atoms with Crippen LogP contribution in [-0.2, 0) is 13.6 Å². The Hall–Kier alpha value is -3.15. The molecule has 2 aromatic heterocycles. The number of carbonyl (C=O) groups is 1. The number of nitrogens with zero attached hydrogens (tertiary/aromatic N) is 3. The number of ketones is 1. The van der Waals surface area contributed by atoms with Crippen LogP contribution in [-0.4, -0.2) is 26.5 Å². The molecule has 2 aliphatic carbocycles. The molecule has 1 N–H and O–H groups in total. The van der Waals surface area contributed by atoms with E-state index >= 15 is 0 Å². The first-order valence-electron chi connectivity index (χ1n) is 11.9. The van der Waals surface area contributed by atoms with E-state index in [1.165, 1.54) is 31.2 Å². The Labute approximate surface area is 194 Å². The van der Waals surface area contributed by atoms with E-state index in [2.05, 4.69) is 18.0 Å². The van der Waals surface area contributed by atoms with Crippen molar-refractivity contribution in [2.45, 2.75) is 51.5 Å². The number of benzene rings is 1. The van der Waals surface area contributed by atoms with Gasteiger partial charge in [-0.15, -0.1) is 0 Å². The molecule has 172 valence electrons. The lowest BCUT2D eigenvalue weighted by atomic mass is 9.90. The molecule has 0 unspecified atom stereocenters. The summed E-state index contributed by atoms with van der Waals surface area (Å²) in [5.41, 5.74) is 4.31. The van der Waals surface area contributed by atoms with Crippen molar-refractivity contribution < 1.29 is 9.53 Å². The number of Topliss-reactive ketones (excluding diaryl/α,β-unsaturated/α-hetero) is 1. The van der Waals surface area contributed by atoms with Crippen LogP contribution in [0.5, 0.6) is 5.75 Å². The number of hydrogen-bond donors (Lipinski definition) is 1. The van der Waals surface area contributed by atoms with E-state index in [9.17, 15) is 4.79 Å². The second-order valence-electron chi connectivity index (χ2n) is 9.81. The lowest BCUT2D eigenvalue weighted by Gasteiger charge is -2.17. The molecule has 1 aromatic carbocycles. The highest BCUT2D eigenvalue weighted by atomic mass is 16.5. The van der Waals surface area contributed by atoms with Crippen molar-refractivity contribution in [3.63, 3.8) is 0 Å². The van der Waals surface area contributed by atoms with Crippen LogP contribution in [0.25, 0.3) is 0 Å². The Morgan fingerprint density at radius 3 is 2.67 bits per heavy atom. The smallest absolute Gasteiger partial charge is 0.202 e. The van der Waals surface area contributed by atoms with Gasteiger partial charge in [-0.2, -0.15) is 0 Å². The molecule has 33 heavy (non-hydrogen) atoms. The number of ether oxygens (including phenoxy) is 1. The van der Waals surface area contributed by atoms with Gasteiger partial charge in [0.1, 0.15) is 5.75 Å². The van der Waals surface area contributed by atoms with Gasteiger partial charge in [0.05, 0.1) is 13.2 Å². The van der Waals surface area contributed by atoms with E-state index in [-0.39, 0.29) is 11.7 Å². The second-order valence-corrected chi connectivity index (χ2v) is 9.81. The number of imidazole rings is 1. The highest BCUT2D eigenvalue weighted by molar-refractivity contribution is 5.97. The highest BCUT2D eigenvalue weighted by Crippen LogP contribution is 2.44. The highest BCUT2D eigenvalue weighted by Gasteiger charge is 2.35. The number of nitrogens with one attached hydrogen (secondary N) is 1. The minimum atomic E-state index is 0.137. The van der Waals surface area contributed by atoms with Crippen LogP contribution in [0.3, 0.4) is 0 Å². The molecule has 6 nitrogen and oxygen atoms in total. The van der Waals surface area contributed by atoms with Gasteiger partial charge in [0.2, 0.25) is 5.62 Å². The average molecular weight is 445 g/mol.